The van der Waals surface area contributed by atoms with Crippen LogP contribution in [0.1, 0.15) is 24.5 Å². The summed E-state index contributed by atoms with van der Waals surface area (Å²) in [5.41, 5.74) is 1.83. The summed E-state index contributed by atoms with van der Waals surface area (Å²) in [6, 6.07) is 11.2. The minimum atomic E-state index is 0.177. The number of aliphatic imine (C=N–C) groups is 1. The lowest BCUT2D eigenvalue weighted by molar-refractivity contribution is 0.171. The van der Waals surface area contributed by atoms with Crippen molar-refractivity contribution >= 4 is 6.21 Å². The molecule has 0 atom stereocenters. The van der Waals surface area contributed by atoms with Crippen LogP contribution in [0.5, 0.6) is 23.0 Å². The lowest BCUT2D eigenvalue weighted by Crippen LogP contribution is -2.15. The fourth-order valence-electron chi connectivity index (χ4n) is 2.54. The van der Waals surface area contributed by atoms with Crippen LogP contribution in [-0.4, -0.2) is 37.7 Å². The molecule has 5 heteroatoms. The van der Waals surface area contributed by atoms with Crippen molar-refractivity contribution in [1.82, 2.24) is 0 Å². The van der Waals surface area contributed by atoms with Crippen LogP contribution in [0, 0.1) is 0 Å². The number of phenolic OH excluding ortho intramolecular Hbond substituents is 1. The molecule has 2 aromatic carbocycles. The van der Waals surface area contributed by atoms with E-state index in [-0.39, 0.29) is 5.75 Å². The first kappa shape index (κ1) is 17.1. The molecule has 1 aliphatic heterocycles. The van der Waals surface area contributed by atoms with Gasteiger partial charge < -0.3 is 19.3 Å². The van der Waals surface area contributed by atoms with E-state index >= 15 is 0 Å². The molecule has 2 aromatic rings. The van der Waals surface area contributed by atoms with Gasteiger partial charge in [-0.25, -0.2) is 0 Å². The van der Waals surface area contributed by atoms with Crippen LogP contribution in [-0.2, 0) is 6.42 Å². The van der Waals surface area contributed by atoms with Crippen LogP contribution in [0.4, 0.5) is 0 Å². The predicted molar refractivity (Wildman–Crippen MR) is 97.5 cm³/mol. The van der Waals surface area contributed by atoms with Crippen molar-refractivity contribution in [2.45, 2.75) is 19.8 Å². The molecule has 1 N–H and O–H groups in total. The number of rotatable bonds is 7. The molecule has 0 radical (unpaired) electrons. The zero-order chi connectivity index (χ0) is 17.5. The van der Waals surface area contributed by atoms with Gasteiger partial charge in [0.05, 0.1) is 6.61 Å². The van der Waals surface area contributed by atoms with E-state index in [4.69, 9.17) is 14.2 Å². The van der Waals surface area contributed by atoms with Crippen molar-refractivity contribution in [2.24, 2.45) is 4.99 Å². The number of hydrogen-bond acceptors (Lipinski definition) is 5. The molecule has 0 saturated heterocycles. The van der Waals surface area contributed by atoms with E-state index in [9.17, 15) is 5.11 Å². The number of phenols is 1. The van der Waals surface area contributed by atoms with Crippen LogP contribution in [0.2, 0.25) is 0 Å². The molecule has 3 rings (SSSR count). The van der Waals surface area contributed by atoms with Gasteiger partial charge in [-0.2, -0.15) is 0 Å². The Hall–Kier alpha value is -2.69. The first-order chi connectivity index (χ1) is 12.3. The first-order valence-corrected chi connectivity index (χ1v) is 8.60. The van der Waals surface area contributed by atoms with Gasteiger partial charge in [-0.3, -0.25) is 4.99 Å². The summed E-state index contributed by atoms with van der Waals surface area (Å²) in [7, 11) is 0. The average Bonchev–Trinajstić information content (AvgIpc) is 2.64. The molecule has 0 unspecified atom stereocenters. The largest absolute Gasteiger partial charge is 0.507 e. The van der Waals surface area contributed by atoms with Gasteiger partial charge in [0.25, 0.3) is 0 Å². The zero-order valence-electron chi connectivity index (χ0n) is 14.4. The van der Waals surface area contributed by atoms with Crippen LogP contribution in [0.3, 0.4) is 0 Å². The Kier molecular flexibility index (Phi) is 5.77. The Bertz CT molecular complexity index is 742. The summed E-state index contributed by atoms with van der Waals surface area (Å²) in [6.45, 7) is 4.51. The highest BCUT2D eigenvalue weighted by atomic mass is 16.6. The Balaban J connectivity index is 1.55. The molecule has 1 heterocycles. The number of aromatic hydroxyl groups is 1. The van der Waals surface area contributed by atoms with Crippen molar-refractivity contribution in [1.29, 1.82) is 0 Å². The Morgan fingerprint density at radius 3 is 2.76 bits per heavy atom. The third-order valence-corrected chi connectivity index (χ3v) is 3.84. The fraction of sp³-hybridized carbons (Fsp3) is 0.350. The highest BCUT2D eigenvalue weighted by Gasteiger charge is 2.11. The molecular formula is C20H23NO4. The van der Waals surface area contributed by atoms with E-state index in [2.05, 4.69) is 4.99 Å². The van der Waals surface area contributed by atoms with Crippen molar-refractivity contribution in [3.63, 3.8) is 0 Å². The smallest absolute Gasteiger partial charge is 0.161 e. The molecule has 1 aliphatic rings. The van der Waals surface area contributed by atoms with Gasteiger partial charge >= 0.3 is 0 Å². The lowest BCUT2D eigenvalue weighted by Gasteiger charge is -2.18. The molecule has 0 saturated carbocycles. The van der Waals surface area contributed by atoms with Gasteiger partial charge in [0, 0.05) is 24.4 Å². The minimum absolute atomic E-state index is 0.177. The van der Waals surface area contributed by atoms with Gasteiger partial charge in [0.2, 0.25) is 0 Å². The van der Waals surface area contributed by atoms with E-state index in [1.165, 1.54) is 0 Å². The monoisotopic (exact) mass is 341 g/mol. The zero-order valence-corrected chi connectivity index (χ0v) is 14.4. The Labute approximate surface area is 147 Å². The summed E-state index contributed by atoms with van der Waals surface area (Å²) < 4.78 is 16.6. The Morgan fingerprint density at radius 1 is 1.12 bits per heavy atom. The van der Waals surface area contributed by atoms with Crippen LogP contribution in [0.15, 0.2) is 41.4 Å². The van der Waals surface area contributed by atoms with E-state index in [1.54, 1.807) is 12.3 Å². The molecule has 5 nitrogen and oxygen atoms in total. The summed E-state index contributed by atoms with van der Waals surface area (Å²) in [5.74, 6) is 2.45. The first-order valence-electron chi connectivity index (χ1n) is 8.60. The highest BCUT2D eigenvalue weighted by molar-refractivity contribution is 5.83. The second kappa shape index (κ2) is 8.42. The van der Waals surface area contributed by atoms with E-state index < -0.39 is 0 Å². The van der Waals surface area contributed by atoms with E-state index in [1.807, 2.05) is 37.3 Å². The maximum atomic E-state index is 10.0. The van der Waals surface area contributed by atoms with Gasteiger partial charge in [-0.1, -0.05) is 13.0 Å². The fourth-order valence-corrected chi connectivity index (χ4v) is 2.54. The molecule has 0 fully saturated rings. The van der Waals surface area contributed by atoms with Crippen molar-refractivity contribution < 1.29 is 19.3 Å². The molecule has 0 amide bonds. The molecular weight excluding hydrogens is 318 g/mol. The van der Waals surface area contributed by atoms with Crippen molar-refractivity contribution in [2.75, 3.05) is 26.4 Å². The maximum absolute atomic E-state index is 10.0. The third-order valence-electron chi connectivity index (χ3n) is 3.84. The van der Waals surface area contributed by atoms with Crippen LogP contribution >= 0.6 is 0 Å². The molecule has 0 aliphatic carbocycles. The molecule has 0 aromatic heterocycles. The molecule has 0 spiro atoms. The van der Waals surface area contributed by atoms with Crippen LogP contribution < -0.4 is 14.2 Å². The second-order valence-corrected chi connectivity index (χ2v) is 5.83. The SMILES string of the molecule is CCCOc1ccc(C=NCCc2ccc3c(c2)OCCO3)c(O)c1. The van der Waals surface area contributed by atoms with Gasteiger partial charge in [-0.05, 0) is 42.7 Å². The second-order valence-electron chi connectivity index (χ2n) is 5.83. The standard InChI is InChI=1S/C20H23NO4/c1-2-9-23-17-5-4-16(18(22)13-17)14-21-8-7-15-3-6-19-20(12-15)25-11-10-24-19/h3-6,12-14,22H,2,7-11H2,1H3. The number of nitrogens with zero attached hydrogens (tertiary/aromatic N) is 1. The number of ether oxygens (including phenoxy) is 3. The minimum Gasteiger partial charge on any atom is -0.507 e. The topological polar surface area (TPSA) is 60.3 Å². The van der Waals surface area contributed by atoms with E-state index in [0.717, 1.165) is 29.9 Å². The number of hydrogen-bond donors (Lipinski definition) is 1. The number of benzene rings is 2. The Morgan fingerprint density at radius 2 is 1.96 bits per heavy atom. The average molecular weight is 341 g/mol. The normalized spacial score (nSPS) is 13.2. The van der Waals surface area contributed by atoms with Crippen molar-refractivity contribution in [3.8, 4) is 23.0 Å². The number of fused-ring (bicyclic) bond motifs is 1. The van der Waals surface area contributed by atoms with Gasteiger partial charge in [0.1, 0.15) is 24.7 Å². The molecule has 132 valence electrons. The molecule has 0 bridgehead atoms. The van der Waals surface area contributed by atoms with E-state index in [0.29, 0.717) is 37.7 Å². The quantitative estimate of drug-likeness (QED) is 0.782. The predicted octanol–water partition coefficient (Wildman–Crippen LogP) is 3.61. The summed E-state index contributed by atoms with van der Waals surface area (Å²) in [4.78, 5) is 4.40. The summed E-state index contributed by atoms with van der Waals surface area (Å²) in [6.07, 6.45) is 3.42. The summed E-state index contributed by atoms with van der Waals surface area (Å²) in [5, 5.41) is 10.0. The van der Waals surface area contributed by atoms with Gasteiger partial charge in [0.15, 0.2) is 11.5 Å². The van der Waals surface area contributed by atoms with Gasteiger partial charge in [-0.15, -0.1) is 0 Å². The maximum Gasteiger partial charge on any atom is 0.161 e. The summed E-state index contributed by atoms with van der Waals surface area (Å²) >= 11 is 0. The third kappa shape index (κ3) is 4.66. The van der Waals surface area contributed by atoms with Crippen molar-refractivity contribution in [3.05, 3.63) is 47.5 Å². The molecule has 25 heavy (non-hydrogen) atoms. The highest BCUT2D eigenvalue weighted by Crippen LogP contribution is 2.30. The lowest BCUT2D eigenvalue weighted by atomic mass is 10.1. The van der Waals surface area contributed by atoms with Crippen LogP contribution in [0.25, 0.3) is 0 Å².